The number of nitro benzene ring substituents is 1. The fourth-order valence-corrected chi connectivity index (χ4v) is 3.13. The number of carbonyl (C=O) groups excluding carboxylic acids is 2. The van der Waals surface area contributed by atoms with Crippen molar-refractivity contribution >= 4 is 17.5 Å². The lowest BCUT2D eigenvalue weighted by atomic mass is 10.1. The van der Waals surface area contributed by atoms with Gasteiger partial charge in [-0.05, 0) is 24.8 Å². The van der Waals surface area contributed by atoms with E-state index in [2.05, 4.69) is 5.32 Å². The highest BCUT2D eigenvalue weighted by Crippen LogP contribution is 2.19. The first kappa shape index (κ1) is 23.1. The van der Waals surface area contributed by atoms with Gasteiger partial charge in [-0.15, -0.1) is 0 Å². The molecule has 0 heterocycles. The number of carbonyl (C=O) groups is 2. The first-order valence-corrected chi connectivity index (χ1v) is 10.1. The maximum atomic E-state index is 13.1. The number of benzene rings is 2. The third-order valence-electron chi connectivity index (χ3n) is 4.87. The molecule has 1 N–H and O–H groups in total. The van der Waals surface area contributed by atoms with Crippen LogP contribution in [0.25, 0.3) is 0 Å². The molecule has 0 saturated heterocycles. The average Bonchev–Trinajstić information content (AvgIpc) is 2.72. The standard InChI is InChI=1S/C23H29N3O4/c1-17(2)16-24-23(28)18(3)25(14-13-19-9-5-4-6-10-19)22(27)15-20-11-7-8-12-21(20)26(29)30/h4-12,17-18H,13-16H2,1-3H3,(H,24,28)/t18-/m0/s1. The number of rotatable bonds is 10. The molecule has 0 aliphatic heterocycles. The minimum atomic E-state index is -0.678. The van der Waals surface area contributed by atoms with Crippen LogP contribution in [0.4, 0.5) is 5.69 Å². The third kappa shape index (κ3) is 6.69. The molecule has 0 spiro atoms. The molecule has 0 radical (unpaired) electrons. The van der Waals surface area contributed by atoms with E-state index in [0.717, 1.165) is 5.56 Å². The quantitative estimate of drug-likeness (QED) is 0.479. The second kappa shape index (κ2) is 11.1. The molecule has 2 aromatic rings. The highest BCUT2D eigenvalue weighted by molar-refractivity contribution is 5.88. The molecule has 7 nitrogen and oxygen atoms in total. The summed E-state index contributed by atoms with van der Waals surface area (Å²) in [5, 5.41) is 14.2. The van der Waals surface area contributed by atoms with Crippen LogP contribution in [-0.2, 0) is 22.4 Å². The molecule has 160 valence electrons. The van der Waals surface area contributed by atoms with Crippen LogP contribution in [0.1, 0.15) is 31.9 Å². The van der Waals surface area contributed by atoms with Crippen molar-refractivity contribution < 1.29 is 14.5 Å². The van der Waals surface area contributed by atoms with E-state index in [0.29, 0.717) is 31.0 Å². The molecule has 0 saturated carbocycles. The second-order valence-electron chi connectivity index (χ2n) is 7.70. The fourth-order valence-electron chi connectivity index (χ4n) is 3.13. The smallest absolute Gasteiger partial charge is 0.273 e. The Morgan fingerprint density at radius 2 is 1.67 bits per heavy atom. The molecule has 7 heteroatoms. The van der Waals surface area contributed by atoms with Gasteiger partial charge in [0.1, 0.15) is 6.04 Å². The van der Waals surface area contributed by atoms with Crippen molar-refractivity contribution in [3.63, 3.8) is 0 Å². The number of para-hydroxylation sites is 1. The molecular formula is C23H29N3O4. The summed E-state index contributed by atoms with van der Waals surface area (Å²) in [6, 6.07) is 15.2. The second-order valence-corrected chi connectivity index (χ2v) is 7.70. The lowest BCUT2D eigenvalue weighted by Gasteiger charge is -2.29. The zero-order chi connectivity index (χ0) is 22.1. The monoisotopic (exact) mass is 411 g/mol. The average molecular weight is 412 g/mol. The van der Waals surface area contributed by atoms with Crippen molar-refractivity contribution in [1.82, 2.24) is 10.2 Å². The van der Waals surface area contributed by atoms with Crippen LogP contribution < -0.4 is 5.32 Å². The first-order chi connectivity index (χ1) is 14.3. The summed E-state index contributed by atoms with van der Waals surface area (Å²) in [7, 11) is 0. The zero-order valence-electron chi connectivity index (χ0n) is 17.7. The molecule has 30 heavy (non-hydrogen) atoms. The number of amides is 2. The third-order valence-corrected chi connectivity index (χ3v) is 4.87. The van der Waals surface area contributed by atoms with Crippen molar-refractivity contribution in [3.05, 3.63) is 75.8 Å². The molecule has 0 aliphatic rings. The predicted molar refractivity (Wildman–Crippen MR) is 116 cm³/mol. The Hall–Kier alpha value is -3.22. The minimum absolute atomic E-state index is 0.0919. The van der Waals surface area contributed by atoms with Crippen LogP contribution in [0, 0.1) is 16.0 Å². The Morgan fingerprint density at radius 3 is 2.30 bits per heavy atom. The topological polar surface area (TPSA) is 92.6 Å². The molecule has 0 bridgehead atoms. The fraction of sp³-hybridized carbons (Fsp3) is 0.391. The normalized spacial score (nSPS) is 11.7. The predicted octanol–water partition coefficient (Wildman–Crippen LogP) is 3.37. The van der Waals surface area contributed by atoms with E-state index in [1.54, 1.807) is 25.1 Å². The van der Waals surface area contributed by atoms with Crippen LogP contribution in [-0.4, -0.2) is 40.8 Å². The lowest BCUT2D eigenvalue weighted by molar-refractivity contribution is -0.385. The van der Waals surface area contributed by atoms with Gasteiger partial charge >= 0.3 is 0 Å². The van der Waals surface area contributed by atoms with E-state index in [4.69, 9.17) is 0 Å². The van der Waals surface area contributed by atoms with E-state index in [9.17, 15) is 19.7 Å². The molecule has 0 aliphatic carbocycles. The van der Waals surface area contributed by atoms with Gasteiger partial charge in [-0.25, -0.2) is 0 Å². The molecule has 2 aromatic carbocycles. The molecule has 2 rings (SSSR count). The summed E-state index contributed by atoms with van der Waals surface area (Å²) in [6.07, 6.45) is 0.457. The van der Waals surface area contributed by atoms with Gasteiger partial charge in [0.05, 0.1) is 11.3 Å². The Bertz CT molecular complexity index is 868. The number of hydrogen-bond donors (Lipinski definition) is 1. The molecule has 1 atom stereocenters. The molecule has 0 unspecified atom stereocenters. The van der Waals surface area contributed by atoms with Gasteiger partial charge in [0.2, 0.25) is 11.8 Å². The van der Waals surface area contributed by atoms with Crippen LogP contribution in [0.5, 0.6) is 0 Å². The summed E-state index contributed by atoms with van der Waals surface area (Å²) in [5.74, 6) is -0.248. The van der Waals surface area contributed by atoms with E-state index < -0.39 is 11.0 Å². The van der Waals surface area contributed by atoms with E-state index in [1.807, 2.05) is 44.2 Å². The van der Waals surface area contributed by atoms with Crippen LogP contribution in [0.15, 0.2) is 54.6 Å². The van der Waals surface area contributed by atoms with Gasteiger partial charge in [0.25, 0.3) is 5.69 Å². The van der Waals surface area contributed by atoms with Crippen molar-refractivity contribution in [2.75, 3.05) is 13.1 Å². The van der Waals surface area contributed by atoms with Crippen LogP contribution >= 0.6 is 0 Å². The highest BCUT2D eigenvalue weighted by atomic mass is 16.6. The van der Waals surface area contributed by atoms with Gasteiger partial charge in [-0.2, -0.15) is 0 Å². The summed E-state index contributed by atoms with van der Waals surface area (Å²) in [4.78, 5) is 38.0. The SMILES string of the molecule is CC(C)CNC(=O)[C@H](C)N(CCc1ccccc1)C(=O)Cc1ccccc1[N+](=O)[O-]. The highest BCUT2D eigenvalue weighted by Gasteiger charge is 2.27. The lowest BCUT2D eigenvalue weighted by Crippen LogP contribution is -2.49. The summed E-state index contributed by atoms with van der Waals surface area (Å²) >= 11 is 0. The summed E-state index contributed by atoms with van der Waals surface area (Å²) < 4.78 is 0. The number of nitro groups is 1. The van der Waals surface area contributed by atoms with Crippen molar-refractivity contribution in [3.8, 4) is 0 Å². The molecule has 0 fully saturated rings. The van der Waals surface area contributed by atoms with Crippen molar-refractivity contribution in [2.45, 2.75) is 39.7 Å². The van der Waals surface area contributed by atoms with E-state index in [1.165, 1.54) is 11.0 Å². The molecular weight excluding hydrogens is 382 g/mol. The van der Waals surface area contributed by atoms with Crippen molar-refractivity contribution in [1.29, 1.82) is 0 Å². The van der Waals surface area contributed by atoms with E-state index in [-0.39, 0.29) is 23.9 Å². The van der Waals surface area contributed by atoms with Gasteiger partial charge in [0.15, 0.2) is 0 Å². The Kier molecular flexibility index (Phi) is 8.53. The Labute approximate surface area is 177 Å². The maximum Gasteiger partial charge on any atom is 0.273 e. The van der Waals surface area contributed by atoms with E-state index >= 15 is 0 Å². The summed E-state index contributed by atoms with van der Waals surface area (Å²) in [5.41, 5.74) is 1.30. The first-order valence-electron chi connectivity index (χ1n) is 10.1. The number of nitrogens with zero attached hydrogens (tertiary/aromatic N) is 2. The van der Waals surface area contributed by atoms with Gasteiger partial charge in [-0.1, -0.05) is 62.4 Å². The largest absolute Gasteiger partial charge is 0.354 e. The van der Waals surface area contributed by atoms with Crippen LogP contribution in [0.2, 0.25) is 0 Å². The van der Waals surface area contributed by atoms with Crippen LogP contribution in [0.3, 0.4) is 0 Å². The van der Waals surface area contributed by atoms with Gasteiger partial charge in [0, 0.05) is 24.7 Å². The minimum Gasteiger partial charge on any atom is -0.354 e. The maximum absolute atomic E-state index is 13.1. The zero-order valence-corrected chi connectivity index (χ0v) is 17.7. The summed E-state index contributed by atoms with van der Waals surface area (Å²) in [6.45, 7) is 6.56. The van der Waals surface area contributed by atoms with Gasteiger partial charge < -0.3 is 10.2 Å². The molecule has 0 aromatic heterocycles. The molecule has 2 amide bonds. The van der Waals surface area contributed by atoms with Crippen molar-refractivity contribution in [2.24, 2.45) is 5.92 Å². The Balaban J connectivity index is 2.19. The number of hydrogen-bond acceptors (Lipinski definition) is 4. The Morgan fingerprint density at radius 1 is 1.03 bits per heavy atom. The number of nitrogens with one attached hydrogen (secondary N) is 1. The van der Waals surface area contributed by atoms with Gasteiger partial charge in [-0.3, -0.25) is 19.7 Å².